The number of nitrogens with zero attached hydrogens (tertiary/aromatic N) is 1. The number of anilines is 1. The maximum Gasteiger partial charge on any atom is 0.228 e. The molecule has 136 valence electrons. The van der Waals surface area contributed by atoms with Gasteiger partial charge in [0.1, 0.15) is 0 Å². The van der Waals surface area contributed by atoms with Crippen molar-refractivity contribution in [3.63, 3.8) is 0 Å². The molecule has 1 saturated carbocycles. The van der Waals surface area contributed by atoms with Gasteiger partial charge in [-0.25, -0.2) is 0 Å². The Morgan fingerprint density at radius 1 is 1.08 bits per heavy atom. The molecule has 1 aromatic rings. The summed E-state index contributed by atoms with van der Waals surface area (Å²) >= 11 is 0. The lowest BCUT2D eigenvalue weighted by atomic mass is 10.1. The van der Waals surface area contributed by atoms with Gasteiger partial charge in [-0.3, -0.25) is 14.5 Å². The topological polar surface area (TPSA) is 70.7 Å². The van der Waals surface area contributed by atoms with Crippen LogP contribution in [0.2, 0.25) is 0 Å². The van der Waals surface area contributed by atoms with Crippen molar-refractivity contribution in [3.05, 3.63) is 29.3 Å². The van der Waals surface area contributed by atoms with Crippen molar-refractivity contribution in [1.82, 2.24) is 10.2 Å². The Kier molecular flexibility index (Phi) is 5.71. The Hall–Kier alpha value is -1.92. The predicted octanol–water partition coefficient (Wildman–Crippen LogP) is 1.33. The monoisotopic (exact) mass is 345 g/mol. The maximum absolute atomic E-state index is 12.3. The number of amides is 2. The number of aryl methyl sites for hydroxylation is 2. The van der Waals surface area contributed by atoms with Gasteiger partial charge in [-0.15, -0.1) is 0 Å². The average Bonchev–Trinajstić information content (AvgIpc) is 3.35. The van der Waals surface area contributed by atoms with Gasteiger partial charge in [0.05, 0.1) is 25.0 Å². The maximum atomic E-state index is 12.3. The molecule has 3 rings (SSSR count). The van der Waals surface area contributed by atoms with E-state index in [0.717, 1.165) is 49.7 Å². The van der Waals surface area contributed by atoms with Gasteiger partial charge < -0.3 is 15.4 Å². The van der Waals surface area contributed by atoms with Crippen LogP contribution in [0, 0.1) is 25.7 Å². The van der Waals surface area contributed by atoms with Gasteiger partial charge in [0.25, 0.3) is 0 Å². The molecule has 2 amide bonds. The SMILES string of the molecule is Cc1cc(C)cc(NC(=O)C2CC2C(=O)NCCN2CCOCC2)c1. The van der Waals surface area contributed by atoms with Crippen molar-refractivity contribution in [2.45, 2.75) is 20.3 Å². The molecule has 0 spiro atoms. The fraction of sp³-hybridized carbons (Fsp3) is 0.579. The molecule has 2 fully saturated rings. The van der Waals surface area contributed by atoms with Crippen LogP contribution < -0.4 is 10.6 Å². The average molecular weight is 345 g/mol. The standard InChI is InChI=1S/C19H27N3O3/c1-13-9-14(2)11-15(10-13)21-19(24)17-12-16(17)18(23)20-3-4-22-5-7-25-8-6-22/h9-11,16-17H,3-8,12H2,1-2H3,(H,20,23)(H,21,24). The molecular weight excluding hydrogens is 318 g/mol. The number of benzene rings is 1. The summed E-state index contributed by atoms with van der Waals surface area (Å²) in [5.41, 5.74) is 3.04. The summed E-state index contributed by atoms with van der Waals surface area (Å²) in [6.07, 6.45) is 0.639. The van der Waals surface area contributed by atoms with Crippen LogP contribution >= 0.6 is 0 Å². The van der Waals surface area contributed by atoms with Crippen LogP contribution in [0.4, 0.5) is 5.69 Å². The molecule has 0 aromatic heterocycles. The molecule has 2 aliphatic rings. The van der Waals surface area contributed by atoms with E-state index in [-0.39, 0.29) is 23.7 Å². The summed E-state index contributed by atoms with van der Waals surface area (Å²) in [4.78, 5) is 26.8. The van der Waals surface area contributed by atoms with Gasteiger partial charge in [0.15, 0.2) is 0 Å². The fourth-order valence-corrected chi connectivity index (χ4v) is 3.35. The summed E-state index contributed by atoms with van der Waals surface area (Å²) in [6.45, 7) is 8.83. The molecule has 1 aliphatic carbocycles. The zero-order valence-corrected chi connectivity index (χ0v) is 15.0. The third-order valence-electron chi connectivity index (χ3n) is 4.78. The molecular formula is C19H27N3O3. The van der Waals surface area contributed by atoms with Crippen LogP contribution in [0.15, 0.2) is 18.2 Å². The van der Waals surface area contributed by atoms with Gasteiger partial charge in [-0.05, 0) is 43.5 Å². The van der Waals surface area contributed by atoms with Crippen molar-refractivity contribution in [3.8, 4) is 0 Å². The van der Waals surface area contributed by atoms with Crippen molar-refractivity contribution >= 4 is 17.5 Å². The van der Waals surface area contributed by atoms with Gasteiger partial charge in [-0.2, -0.15) is 0 Å². The summed E-state index contributed by atoms with van der Waals surface area (Å²) in [5.74, 6) is -0.452. The van der Waals surface area contributed by atoms with Crippen molar-refractivity contribution in [2.75, 3.05) is 44.7 Å². The Morgan fingerprint density at radius 2 is 1.72 bits per heavy atom. The first-order chi connectivity index (χ1) is 12.0. The van der Waals surface area contributed by atoms with E-state index in [9.17, 15) is 9.59 Å². The van der Waals surface area contributed by atoms with Crippen LogP contribution in [-0.4, -0.2) is 56.1 Å². The second-order valence-electron chi connectivity index (χ2n) is 7.06. The van der Waals surface area contributed by atoms with Crippen LogP contribution in [0.1, 0.15) is 17.5 Å². The molecule has 1 aromatic carbocycles. The van der Waals surface area contributed by atoms with Crippen molar-refractivity contribution < 1.29 is 14.3 Å². The van der Waals surface area contributed by atoms with E-state index in [0.29, 0.717) is 13.0 Å². The zero-order chi connectivity index (χ0) is 17.8. The number of rotatable bonds is 6. The molecule has 0 bridgehead atoms. The minimum atomic E-state index is -0.204. The van der Waals surface area contributed by atoms with E-state index < -0.39 is 0 Å². The third kappa shape index (κ3) is 5.03. The van der Waals surface area contributed by atoms with Crippen LogP contribution in [-0.2, 0) is 14.3 Å². The van der Waals surface area contributed by atoms with E-state index in [4.69, 9.17) is 4.74 Å². The smallest absolute Gasteiger partial charge is 0.228 e. The third-order valence-corrected chi connectivity index (χ3v) is 4.78. The van der Waals surface area contributed by atoms with Gasteiger partial charge in [-0.1, -0.05) is 6.07 Å². The van der Waals surface area contributed by atoms with E-state index in [1.807, 2.05) is 26.0 Å². The molecule has 2 atom stereocenters. The highest BCUT2D eigenvalue weighted by molar-refractivity contribution is 5.99. The first-order valence-corrected chi connectivity index (χ1v) is 9.00. The van der Waals surface area contributed by atoms with Crippen molar-refractivity contribution in [2.24, 2.45) is 11.8 Å². The van der Waals surface area contributed by atoms with Gasteiger partial charge in [0, 0.05) is 31.9 Å². The fourth-order valence-electron chi connectivity index (χ4n) is 3.35. The molecule has 0 radical (unpaired) electrons. The molecule has 2 unspecified atom stereocenters. The van der Waals surface area contributed by atoms with E-state index in [1.54, 1.807) is 0 Å². The molecule has 2 N–H and O–H groups in total. The first kappa shape index (κ1) is 17.9. The molecule has 1 saturated heterocycles. The summed E-state index contributed by atoms with van der Waals surface area (Å²) in [5, 5.41) is 5.89. The number of carbonyl (C=O) groups is 2. The van der Waals surface area contributed by atoms with E-state index in [1.165, 1.54) is 0 Å². The Balaban J connectivity index is 1.40. The number of morpholine rings is 1. The van der Waals surface area contributed by atoms with E-state index >= 15 is 0 Å². The summed E-state index contributed by atoms with van der Waals surface area (Å²) in [6, 6.07) is 5.97. The second-order valence-corrected chi connectivity index (χ2v) is 7.06. The largest absolute Gasteiger partial charge is 0.379 e. The highest BCUT2D eigenvalue weighted by Gasteiger charge is 2.47. The quantitative estimate of drug-likeness (QED) is 0.816. The summed E-state index contributed by atoms with van der Waals surface area (Å²) in [7, 11) is 0. The Bertz CT molecular complexity index is 621. The molecule has 25 heavy (non-hydrogen) atoms. The number of carbonyl (C=O) groups excluding carboxylic acids is 2. The highest BCUT2D eigenvalue weighted by atomic mass is 16.5. The number of hydrogen-bond donors (Lipinski definition) is 2. The van der Waals surface area contributed by atoms with Gasteiger partial charge >= 0.3 is 0 Å². The molecule has 6 heteroatoms. The lowest BCUT2D eigenvalue weighted by Gasteiger charge is -2.26. The lowest BCUT2D eigenvalue weighted by molar-refractivity contribution is -0.125. The molecule has 6 nitrogen and oxygen atoms in total. The lowest BCUT2D eigenvalue weighted by Crippen LogP contribution is -2.41. The minimum absolute atomic E-state index is 0.00571. The summed E-state index contributed by atoms with van der Waals surface area (Å²) < 4.78 is 5.31. The minimum Gasteiger partial charge on any atom is -0.379 e. The predicted molar refractivity (Wildman–Crippen MR) is 96.4 cm³/mol. The number of nitrogens with one attached hydrogen (secondary N) is 2. The molecule has 1 aliphatic heterocycles. The van der Waals surface area contributed by atoms with E-state index in [2.05, 4.69) is 21.6 Å². The normalized spacial score (nSPS) is 23.1. The van der Waals surface area contributed by atoms with Gasteiger partial charge in [0.2, 0.25) is 11.8 Å². The van der Waals surface area contributed by atoms with Crippen LogP contribution in [0.25, 0.3) is 0 Å². The van der Waals surface area contributed by atoms with Crippen LogP contribution in [0.3, 0.4) is 0 Å². The number of ether oxygens (including phenoxy) is 1. The zero-order valence-electron chi connectivity index (χ0n) is 15.0. The molecule has 1 heterocycles. The Morgan fingerprint density at radius 3 is 2.40 bits per heavy atom. The first-order valence-electron chi connectivity index (χ1n) is 9.00. The highest BCUT2D eigenvalue weighted by Crippen LogP contribution is 2.39. The number of hydrogen-bond acceptors (Lipinski definition) is 4. The van der Waals surface area contributed by atoms with Crippen molar-refractivity contribution in [1.29, 1.82) is 0 Å². The second kappa shape index (κ2) is 7.97. The van der Waals surface area contributed by atoms with Crippen LogP contribution in [0.5, 0.6) is 0 Å². The Labute approximate surface area is 148 Å².